The number of rotatable bonds is 5. The molecule has 0 saturated carbocycles. The van der Waals surface area contributed by atoms with Gasteiger partial charge >= 0.3 is 0 Å². The summed E-state index contributed by atoms with van der Waals surface area (Å²) in [5.74, 6) is 0.914. The van der Waals surface area contributed by atoms with Gasteiger partial charge in [-0.15, -0.1) is 0 Å². The highest BCUT2D eigenvalue weighted by Gasteiger charge is 2.32. The standard InChI is InChI=1S/C23H24N2O2/c1-2-20(17-8-4-3-5-9-17)23(26)25-15-13-19(16-25)27-21-12-6-10-18-11-7-14-24-22(18)21/h3-12,14,19-20H,2,13,15-16H2,1H3/t19-,20-/m0/s1. The van der Waals surface area contributed by atoms with Gasteiger partial charge in [-0.1, -0.05) is 55.5 Å². The summed E-state index contributed by atoms with van der Waals surface area (Å²) in [6, 6.07) is 20.0. The molecule has 1 aliphatic heterocycles. The summed E-state index contributed by atoms with van der Waals surface area (Å²) in [5.41, 5.74) is 1.97. The van der Waals surface area contributed by atoms with E-state index < -0.39 is 0 Å². The van der Waals surface area contributed by atoms with Crippen LogP contribution in [0.15, 0.2) is 66.9 Å². The Kier molecular flexibility index (Phi) is 5.05. The maximum atomic E-state index is 13.0. The second-order valence-electron chi connectivity index (χ2n) is 7.02. The zero-order valence-corrected chi connectivity index (χ0v) is 15.5. The van der Waals surface area contributed by atoms with Crippen molar-refractivity contribution >= 4 is 16.8 Å². The smallest absolute Gasteiger partial charge is 0.230 e. The van der Waals surface area contributed by atoms with Crippen LogP contribution < -0.4 is 4.74 Å². The first-order valence-electron chi connectivity index (χ1n) is 9.60. The van der Waals surface area contributed by atoms with Gasteiger partial charge in [0.25, 0.3) is 0 Å². The lowest BCUT2D eigenvalue weighted by Gasteiger charge is -2.23. The third-order valence-corrected chi connectivity index (χ3v) is 5.25. The Morgan fingerprint density at radius 1 is 1.15 bits per heavy atom. The van der Waals surface area contributed by atoms with E-state index in [9.17, 15) is 4.79 Å². The number of hydrogen-bond acceptors (Lipinski definition) is 3. The molecule has 0 radical (unpaired) electrons. The summed E-state index contributed by atoms with van der Waals surface area (Å²) in [6.07, 6.45) is 3.44. The summed E-state index contributed by atoms with van der Waals surface area (Å²) in [7, 11) is 0. The topological polar surface area (TPSA) is 42.4 Å². The van der Waals surface area contributed by atoms with E-state index in [4.69, 9.17) is 4.74 Å². The number of likely N-dealkylation sites (tertiary alicyclic amines) is 1. The van der Waals surface area contributed by atoms with Crippen LogP contribution in [0.2, 0.25) is 0 Å². The van der Waals surface area contributed by atoms with E-state index in [1.165, 1.54) is 0 Å². The normalized spacial score (nSPS) is 17.8. The molecule has 1 aromatic heterocycles. The Morgan fingerprint density at radius 3 is 2.78 bits per heavy atom. The van der Waals surface area contributed by atoms with Crippen molar-refractivity contribution < 1.29 is 9.53 Å². The molecule has 0 spiro atoms. The van der Waals surface area contributed by atoms with Gasteiger partial charge in [0.05, 0.1) is 12.5 Å². The summed E-state index contributed by atoms with van der Waals surface area (Å²) < 4.78 is 6.23. The Morgan fingerprint density at radius 2 is 1.96 bits per heavy atom. The van der Waals surface area contributed by atoms with Crippen LogP contribution in [0.3, 0.4) is 0 Å². The van der Waals surface area contributed by atoms with E-state index in [1.54, 1.807) is 6.20 Å². The number of para-hydroxylation sites is 1. The average molecular weight is 360 g/mol. The fourth-order valence-electron chi connectivity index (χ4n) is 3.83. The van der Waals surface area contributed by atoms with E-state index in [1.807, 2.05) is 65.6 Å². The van der Waals surface area contributed by atoms with Crippen molar-refractivity contribution in [3.8, 4) is 5.75 Å². The molecule has 2 aromatic carbocycles. The Hall–Kier alpha value is -2.88. The zero-order valence-electron chi connectivity index (χ0n) is 15.5. The number of hydrogen-bond donors (Lipinski definition) is 0. The average Bonchev–Trinajstić information content (AvgIpc) is 3.18. The number of pyridine rings is 1. The Bertz CT molecular complexity index is 921. The highest BCUT2D eigenvalue weighted by molar-refractivity contribution is 5.85. The van der Waals surface area contributed by atoms with Gasteiger partial charge in [0.15, 0.2) is 0 Å². The largest absolute Gasteiger partial charge is 0.486 e. The molecule has 0 N–H and O–H groups in total. The molecule has 1 amide bonds. The molecular weight excluding hydrogens is 336 g/mol. The van der Waals surface area contributed by atoms with E-state index in [2.05, 4.69) is 11.9 Å². The van der Waals surface area contributed by atoms with Crippen LogP contribution in [-0.4, -0.2) is 35.0 Å². The molecular formula is C23H24N2O2. The summed E-state index contributed by atoms with van der Waals surface area (Å²) >= 11 is 0. The Balaban J connectivity index is 1.46. The number of carbonyl (C=O) groups excluding carboxylic acids is 1. The molecule has 138 valence electrons. The van der Waals surface area contributed by atoms with Crippen LogP contribution in [-0.2, 0) is 4.79 Å². The van der Waals surface area contributed by atoms with Gasteiger partial charge in [-0.25, -0.2) is 0 Å². The number of carbonyl (C=O) groups is 1. The van der Waals surface area contributed by atoms with Crippen LogP contribution in [0.1, 0.15) is 31.2 Å². The molecule has 4 rings (SSSR count). The number of nitrogens with zero attached hydrogens (tertiary/aromatic N) is 2. The SMILES string of the molecule is CC[C@H](C(=O)N1CC[C@H](Oc2cccc3cccnc23)C1)c1ccccc1. The monoisotopic (exact) mass is 360 g/mol. The van der Waals surface area contributed by atoms with Crippen molar-refractivity contribution in [2.75, 3.05) is 13.1 Å². The number of aromatic nitrogens is 1. The lowest BCUT2D eigenvalue weighted by atomic mass is 9.95. The highest BCUT2D eigenvalue weighted by Crippen LogP contribution is 2.28. The second-order valence-corrected chi connectivity index (χ2v) is 7.02. The molecule has 2 atom stereocenters. The molecule has 3 aromatic rings. The molecule has 4 nitrogen and oxygen atoms in total. The summed E-state index contributed by atoms with van der Waals surface area (Å²) in [4.78, 5) is 19.4. The first-order chi connectivity index (χ1) is 13.3. The van der Waals surface area contributed by atoms with Gasteiger partial charge in [-0.3, -0.25) is 9.78 Å². The lowest BCUT2D eigenvalue weighted by molar-refractivity contribution is -0.132. The van der Waals surface area contributed by atoms with Crippen LogP contribution in [0.25, 0.3) is 10.9 Å². The highest BCUT2D eigenvalue weighted by atomic mass is 16.5. The van der Waals surface area contributed by atoms with Crippen molar-refractivity contribution in [3.63, 3.8) is 0 Å². The quantitative estimate of drug-likeness (QED) is 0.677. The van der Waals surface area contributed by atoms with Gasteiger partial charge in [0.2, 0.25) is 5.91 Å². The molecule has 1 saturated heterocycles. The molecule has 0 bridgehead atoms. The first kappa shape index (κ1) is 17.5. The van der Waals surface area contributed by atoms with Crippen LogP contribution in [0.5, 0.6) is 5.75 Å². The maximum Gasteiger partial charge on any atom is 0.230 e. The summed E-state index contributed by atoms with van der Waals surface area (Å²) in [6.45, 7) is 3.44. The number of benzene rings is 2. The van der Waals surface area contributed by atoms with Gasteiger partial charge in [-0.05, 0) is 24.1 Å². The minimum Gasteiger partial charge on any atom is -0.486 e. The van der Waals surface area contributed by atoms with E-state index >= 15 is 0 Å². The Labute approximate surface area is 159 Å². The molecule has 2 heterocycles. The van der Waals surface area contributed by atoms with Gasteiger partial charge < -0.3 is 9.64 Å². The third kappa shape index (κ3) is 3.65. The number of fused-ring (bicyclic) bond motifs is 1. The lowest BCUT2D eigenvalue weighted by Crippen LogP contribution is -2.34. The second kappa shape index (κ2) is 7.78. The van der Waals surface area contributed by atoms with Crippen LogP contribution in [0.4, 0.5) is 0 Å². The van der Waals surface area contributed by atoms with E-state index in [0.717, 1.165) is 41.6 Å². The predicted octanol–water partition coefficient (Wildman–Crippen LogP) is 4.41. The summed E-state index contributed by atoms with van der Waals surface area (Å²) in [5, 5.41) is 1.07. The van der Waals surface area contributed by atoms with Gasteiger partial charge in [0.1, 0.15) is 17.4 Å². The van der Waals surface area contributed by atoms with Crippen molar-refractivity contribution in [1.29, 1.82) is 0 Å². The van der Waals surface area contributed by atoms with E-state index in [0.29, 0.717) is 6.54 Å². The number of amides is 1. The zero-order chi connectivity index (χ0) is 18.6. The molecule has 1 aliphatic rings. The molecule has 0 aliphatic carbocycles. The van der Waals surface area contributed by atoms with Crippen molar-refractivity contribution in [2.45, 2.75) is 31.8 Å². The van der Waals surface area contributed by atoms with Crippen molar-refractivity contribution in [2.24, 2.45) is 0 Å². The van der Waals surface area contributed by atoms with E-state index in [-0.39, 0.29) is 17.9 Å². The molecule has 4 heteroatoms. The fraction of sp³-hybridized carbons (Fsp3) is 0.304. The third-order valence-electron chi connectivity index (χ3n) is 5.25. The first-order valence-corrected chi connectivity index (χ1v) is 9.60. The molecule has 0 unspecified atom stereocenters. The van der Waals surface area contributed by atoms with Gasteiger partial charge in [0, 0.05) is 24.5 Å². The fourth-order valence-corrected chi connectivity index (χ4v) is 3.83. The molecule has 27 heavy (non-hydrogen) atoms. The van der Waals surface area contributed by atoms with Crippen molar-refractivity contribution in [1.82, 2.24) is 9.88 Å². The molecule has 1 fully saturated rings. The predicted molar refractivity (Wildman–Crippen MR) is 107 cm³/mol. The van der Waals surface area contributed by atoms with Gasteiger partial charge in [-0.2, -0.15) is 0 Å². The minimum absolute atomic E-state index is 0.00911. The van der Waals surface area contributed by atoms with Crippen LogP contribution in [0, 0.1) is 0 Å². The number of ether oxygens (including phenoxy) is 1. The van der Waals surface area contributed by atoms with Crippen LogP contribution >= 0.6 is 0 Å². The minimum atomic E-state index is -0.0795. The van der Waals surface area contributed by atoms with Crippen molar-refractivity contribution in [3.05, 3.63) is 72.4 Å². The maximum absolute atomic E-state index is 13.0.